The maximum Gasteiger partial charge on any atom is 0.0483 e. The van der Waals surface area contributed by atoms with E-state index in [0.29, 0.717) is 24.2 Å². The summed E-state index contributed by atoms with van der Waals surface area (Å²) in [5, 5.41) is 0. The fraction of sp³-hybridized carbons (Fsp3) is 0.200. The zero-order valence-electron chi connectivity index (χ0n) is 13.7. The molecular formula is C20H26N2. The van der Waals surface area contributed by atoms with Crippen LogP contribution in [-0.2, 0) is 0 Å². The lowest BCUT2D eigenvalue weighted by Crippen LogP contribution is -2.04. The Bertz CT molecular complexity index is 602. The summed E-state index contributed by atoms with van der Waals surface area (Å²) in [4.78, 5) is 0. The molecule has 0 aromatic heterocycles. The molecule has 0 aliphatic carbocycles. The Hall–Kier alpha value is -2.66. The van der Waals surface area contributed by atoms with Gasteiger partial charge in [0.15, 0.2) is 0 Å². The van der Waals surface area contributed by atoms with E-state index in [-0.39, 0.29) is 0 Å². The number of nitrogens with two attached hydrogens (primary N) is 2. The lowest BCUT2D eigenvalue weighted by molar-refractivity contribution is 1.14. The van der Waals surface area contributed by atoms with Crippen LogP contribution in [0.5, 0.6) is 0 Å². The van der Waals surface area contributed by atoms with Crippen LogP contribution in [0.25, 0.3) is 0 Å². The third-order valence-electron chi connectivity index (χ3n) is 2.89. The van der Waals surface area contributed by atoms with Gasteiger partial charge in [-0.05, 0) is 37.5 Å². The third kappa shape index (κ3) is 7.21. The topological polar surface area (TPSA) is 52.0 Å². The van der Waals surface area contributed by atoms with Gasteiger partial charge in [-0.25, -0.2) is 0 Å². The van der Waals surface area contributed by atoms with Crippen LogP contribution in [0, 0.1) is 12.3 Å². The molecule has 0 amide bonds. The van der Waals surface area contributed by atoms with Gasteiger partial charge in [-0.2, -0.15) is 0 Å². The highest BCUT2D eigenvalue weighted by molar-refractivity contribution is 5.49. The highest BCUT2D eigenvalue weighted by Crippen LogP contribution is 2.23. The number of terminal acetylenes is 1. The summed E-state index contributed by atoms with van der Waals surface area (Å²) < 4.78 is 0. The van der Waals surface area contributed by atoms with Crippen molar-refractivity contribution in [3.05, 3.63) is 83.8 Å². The molecule has 0 rings (SSSR count). The average Bonchev–Trinajstić information content (AvgIpc) is 2.48. The second kappa shape index (κ2) is 10.1. The SMILES string of the molecule is C#CC/C(N)=C\C=C(\C=C)CC(=C)C(=C/C(=C)C)/C(N)=C\C. The molecule has 22 heavy (non-hydrogen) atoms. The Labute approximate surface area is 135 Å². The van der Waals surface area contributed by atoms with E-state index in [1.165, 1.54) is 0 Å². The smallest absolute Gasteiger partial charge is 0.0483 e. The van der Waals surface area contributed by atoms with Crippen molar-refractivity contribution >= 4 is 0 Å². The van der Waals surface area contributed by atoms with Crippen LogP contribution in [0.4, 0.5) is 0 Å². The molecular weight excluding hydrogens is 268 g/mol. The van der Waals surface area contributed by atoms with E-state index in [9.17, 15) is 0 Å². The van der Waals surface area contributed by atoms with Gasteiger partial charge in [-0.3, -0.25) is 0 Å². The molecule has 0 aliphatic heterocycles. The number of hydrogen-bond donors (Lipinski definition) is 2. The highest BCUT2D eigenvalue weighted by Gasteiger charge is 2.07. The molecule has 2 nitrogen and oxygen atoms in total. The zero-order chi connectivity index (χ0) is 17.1. The number of hydrogen-bond acceptors (Lipinski definition) is 2. The normalized spacial score (nSPS) is 13.5. The van der Waals surface area contributed by atoms with Gasteiger partial charge in [0.25, 0.3) is 0 Å². The molecule has 2 heteroatoms. The summed E-state index contributed by atoms with van der Waals surface area (Å²) in [6.45, 7) is 15.7. The molecule has 0 saturated carbocycles. The lowest BCUT2D eigenvalue weighted by atomic mass is 9.95. The maximum atomic E-state index is 6.04. The van der Waals surface area contributed by atoms with E-state index in [2.05, 4.69) is 25.7 Å². The number of allylic oxidation sites excluding steroid dienone is 9. The fourth-order valence-corrected chi connectivity index (χ4v) is 1.72. The summed E-state index contributed by atoms with van der Waals surface area (Å²) in [6.07, 6.45) is 15.5. The van der Waals surface area contributed by atoms with Gasteiger partial charge < -0.3 is 11.5 Å². The van der Waals surface area contributed by atoms with Crippen molar-refractivity contribution in [3.63, 3.8) is 0 Å². The van der Waals surface area contributed by atoms with Gasteiger partial charge in [0.1, 0.15) is 0 Å². The quantitative estimate of drug-likeness (QED) is 0.518. The van der Waals surface area contributed by atoms with Crippen molar-refractivity contribution in [2.45, 2.75) is 26.7 Å². The molecule has 0 radical (unpaired) electrons. The molecule has 0 bridgehead atoms. The van der Waals surface area contributed by atoms with E-state index >= 15 is 0 Å². The van der Waals surface area contributed by atoms with Crippen LogP contribution in [-0.4, -0.2) is 0 Å². The van der Waals surface area contributed by atoms with Crippen molar-refractivity contribution in [1.82, 2.24) is 0 Å². The van der Waals surface area contributed by atoms with Crippen molar-refractivity contribution in [2.75, 3.05) is 0 Å². The molecule has 0 aromatic carbocycles. The Morgan fingerprint density at radius 2 is 1.86 bits per heavy atom. The first-order valence-electron chi connectivity index (χ1n) is 7.04. The summed E-state index contributed by atoms with van der Waals surface area (Å²) >= 11 is 0. The second-order valence-electron chi connectivity index (χ2n) is 5.00. The fourth-order valence-electron chi connectivity index (χ4n) is 1.72. The van der Waals surface area contributed by atoms with Gasteiger partial charge in [-0.1, -0.05) is 49.6 Å². The molecule has 0 saturated heterocycles. The van der Waals surface area contributed by atoms with Crippen molar-refractivity contribution in [2.24, 2.45) is 11.5 Å². The van der Waals surface area contributed by atoms with Crippen LogP contribution < -0.4 is 11.5 Å². The predicted octanol–water partition coefficient (Wildman–Crippen LogP) is 4.28. The van der Waals surface area contributed by atoms with Crippen LogP contribution in [0.2, 0.25) is 0 Å². The van der Waals surface area contributed by atoms with Gasteiger partial charge in [0.05, 0.1) is 0 Å². The zero-order valence-corrected chi connectivity index (χ0v) is 13.7. The minimum absolute atomic E-state index is 0.425. The Morgan fingerprint density at radius 3 is 2.32 bits per heavy atom. The molecule has 0 heterocycles. The van der Waals surface area contributed by atoms with Crippen LogP contribution in [0.1, 0.15) is 26.7 Å². The molecule has 0 aliphatic rings. The van der Waals surface area contributed by atoms with Crippen LogP contribution in [0.3, 0.4) is 0 Å². The Kier molecular flexibility index (Phi) is 8.90. The molecule has 116 valence electrons. The monoisotopic (exact) mass is 294 g/mol. The predicted molar refractivity (Wildman–Crippen MR) is 98.6 cm³/mol. The maximum absolute atomic E-state index is 6.04. The van der Waals surface area contributed by atoms with E-state index < -0.39 is 0 Å². The van der Waals surface area contributed by atoms with Gasteiger partial charge in [-0.15, -0.1) is 12.3 Å². The molecule has 4 N–H and O–H groups in total. The van der Waals surface area contributed by atoms with E-state index in [0.717, 1.165) is 22.3 Å². The van der Waals surface area contributed by atoms with E-state index in [4.69, 9.17) is 17.9 Å². The second-order valence-corrected chi connectivity index (χ2v) is 5.00. The average molecular weight is 294 g/mol. The first-order valence-corrected chi connectivity index (χ1v) is 7.04. The third-order valence-corrected chi connectivity index (χ3v) is 2.89. The molecule has 0 fully saturated rings. The van der Waals surface area contributed by atoms with Crippen LogP contribution in [0.15, 0.2) is 83.8 Å². The highest BCUT2D eigenvalue weighted by atomic mass is 14.6. The summed E-state index contributed by atoms with van der Waals surface area (Å²) in [5.41, 5.74) is 16.8. The molecule has 0 spiro atoms. The molecule has 0 aromatic rings. The molecule has 0 unspecified atom stereocenters. The first kappa shape index (κ1) is 19.3. The largest absolute Gasteiger partial charge is 0.401 e. The summed E-state index contributed by atoms with van der Waals surface area (Å²) in [5.74, 6) is 2.50. The molecule has 0 atom stereocenters. The van der Waals surface area contributed by atoms with Crippen molar-refractivity contribution in [1.29, 1.82) is 0 Å². The minimum atomic E-state index is 0.425. The Balaban J connectivity index is 5.32. The van der Waals surface area contributed by atoms with E-state index in [1.807, 2.05) is 32.1 Å². The number of rotatable bonds is 8. The summed E-state index contributed by atoms with van der Waals surface area (Å²) in [7, 11) is 0. The van der Waals surface area contributed by atoms with Crippen molar-refractivity contribution in [3.8, 4) is 12.3 Å². The lowest BCUT2D eigenvalue weighted by Gasteiger charge is -2.12. The first-order chi connectivity index (χ1) is 10.3. The van der Waals surface area contributed by atoms with Gasteiger partial charge in [0, 0.05) is 23.4 Å². The summed E-state index contributed by atoms with van der Waals surface area (Å²) in [6, 6.07) is 0. The van der Waals surface area contributed by atoms with Crippen LogP contribution >= 0.6 is 0 Å². The van der Waals surface area contributed by atoms with Crippen molar-refractivity contribution < 1.29 is 0 Å². The minimum Gasteiger partial charge on any atom is -0.401 e. The van der Waals surface area contributed by atoms with Gasteiger partial charge >= 0.3 is 0 Å². The van der Waals surface area contributed by atoms with Gasteiger partial charge in [0.2, 0.25) is 0 Å². The van der Waals surface area contributed by atoms with E-state index in [1.54, 1.807) is 12.2 Å². The standard InChI is InChI=1S/C20H26N2/c1-7-10-18(21)12-11-17(8-2)14-16(6)19(13-15(4)5)20(22)9-3/h1,8-9,11-13H,2,4,6,10,14,21-22H2,3,5H3/b17-11-,18-12+,19-13-,20-9+. The Morgan fingerprint density at radius 1 is 1.23 bits per heavy atom.